The Morgan fingerprint density at radius 1 is 1.46 bits per heavy atom. The fraction of sp³-hybridized carbons (Fsp3) is 0.250. The summed E-state index contributed by atoms with van der Waals surface area (Å²) in [6.45, 7) is -2.14. The summed E-state index contributed by atoms with van der Waals surface area (Å²) in [5.41, 5.74) is 0.910. The van der Waals surface area contributed by atoms with Gasteiger partial charge in [0, 0.05) is 29.4 Å². The van der Waals surface area contributed by atoms with E-state index in [1.165, 1.54) is 6.07 Å². The summed E-state index contributed by atoms with van der Waals surface area (Å²) in [6, 6.07) is 6.60. The van der Waals surface area contributed by atoms with Crippen LogP contribution in [0.4, 0.5) is 8.78 Å². The van der Waals surface area contributed by atoms with Crippen LogP contribution in [0.1, 0.15) is 5.56 Å². The third-order valence-corrected chi connectivity index (χ3v) is 1.78. The van der Waals surface area contributed by atoms with Crippen molar-refractivity contribution >= 4 is 22.9 Å². The molecule has 2 nitrogen and oxygen atoms in total. The topological polar surface area (TPSA) is 21.3 Å². The number of halogens is 3. The molecule has 0 saturated heterocycles. The highest BCUT2D eigenvalue weighted by Gasteiger charge is 2.03. The molecule has 0 aromatic heterocycles. The van der Waals surface area contributed by atoms with Crippen LogP contribution in [0.2, 0.25) is 0 Å². The lowest BCUT2D eigenvalue weighted by Crippen LogP contribution is -2.03. The maximum Gasteiger partial charge on any atom is 0.387 e. The molecule has 0 heterocycles. The number of benzene rings is 1. The Balaban J connectivity index is 2.67. The summed E-state index contributed by atoms with van der Waals surface area (Å²) in [5.74, 6) is 0.194. The fourth-order valence-corrected chi connectivity index (χ4v) is 1.35. The van der Waals surface area contributed by atoms with Gasteiger partial charge in [0.25, 0.3) is 0 Å². The molecular weight excluding hydrogens is 291 g/mol. The smallest absolute Gasteiger partial charge is 0.387 e. The zero-order chi connectivity index (χ0) is 9.68. The second-order valence-electron chi connectivity index (χ2n) is 2.34. The highest BCUT2D eigenvalue weighted by atomic mass is 127. The first-order chi connectivity index (χ1) is 6.22. The number of ether oxygens (including phenoxy) is 1. The van der Waals surface area contributed by atoms with E-state index in [9.17, 15) is 8.78 Å². The van der Waals surface area contributed by atoms with Gasteiger partial charge >= 0.3 is 6.61 Å². The Labute approximate surface area is 88.8 Å². The molecular formula is C8H8F2INO. The van der Waals surface area contributed by atoms with Gasteiger partial charge in [-0.3, -0.25) is 3.53 Å². The van der Waals surface area contributed by atoms with Crippen LogP contribution < -0.4 is 8.27 Å². The molecule has 0 aliphatic heterocycles. The van der Waals surface area contributed by atoms with Gasteiger partial charge in [0.05, 0.1) is 0 Å². The van der Waals surface area contributed by atoms with Crippen molar-refractivity contribution in [3.63, 3.8) is 0 Å². The molecule has 0 unspecified atom stereocenters. The van der Waals surface area contributed by atoms with Crippen molar-refractivity contribution in [3.8, 4) is 5.75 Å². The molecule has 0 aliphatic rings. The lowest BCUT2D eigenvalue weighted by Gasteiger charge is -2.05. The predicted molar refractivity (Wildman–Crippen MR) is 53.9 cm³/mol. The van der Waals surface area contributed by atoms with Gasteiger partial charge in [-0.1, -0.05) is 12.1 Å². The van der Waals surface area contributed by atoms with E-state index in [4.69, 9.17) is 0 Å². The van der Waals surface area contributed by atoms with Gasteiger partial charge < -0.3 is 4.74 Å². The molecule has 1 aromatic carbocycles. The molecule has 72 valence electrons. The zero-order valence-corrected chi connectivity index (χ0v) is 8.79. The summed E-state index contributed by atoms with van der Waals surface area (Å²) < 4.78 is 30.7. The van der Waals surface area contributed by atoms with Crippen LogP contribution >= 0.6 is 22.9 Å². The van der Waals surface area contributed by atoms with Gasteiger partial charge in [-0.05, 0) is 17.7 Å². The van der Waals surface area contributed by atoms with E-state index in [1.54, 1.807) is 12.1 Å². The highest BCUT2D eigenvalue weighted by molar-refractivity contribution is 14.1. The summed E-state index contributed by atoms with van der Waals surface area (Å²) in [7, 11) is 0. The Hall–Kier alpha value is -0.430. The second kappa shape index (κ2) is 5.33. The van der Waals surface area contributed by atoms with Crippen LogP contribution in [-0.2, 0) is 6.54 Å². The van der Waals surface area contributed by atoms with Crippen molar-refractivity contribution in [2.75, 3.05) is 0 Å². The molecule has 0 fully saturated rings. The quantitative estimate of drug-likeness (QED) is 0.682. The highest BCUT2D eigenvalue weighted by Crippen LogP contribution is 2.15. The van der Waals surface area contributed by atoms with E-state index in [1.807, 2.05) is 28.9 Å². The minimum atomic E-state index is -2.76. The molecule has 0 atom stereocenters. The second-order valence-corrected chi connectivity index (χ2v) is 3.10. The van der Waals surface area contributed by atoms with E-state index < -0.39 is 6.61 Å². The average Bonchev–Trinajstić information content (AvgIpc) is 2.04. The first kappa shape index (κ1) is 10.6. The number of alkyl halides is 2. The van der Waals surface area contributed by atoms with Gasteiger partial charge in [0.15, 0.2) is 0 Å². The predicted octanol–water partition coefficient (Wildman–Crippen LogP) is 2.73. The Morgan fingerprint density at radius 3 is 2.85 bits per heavy atom. The maximum absolute atomic E-state index is 11.8. The van der Waals surface area contributed by atoms with Gasteiger partial charge in [0.2, 0.25) is 0 Å². The van der Waals surface area contributed by atoms with Crippen molar-refractivity contribution < 1.29 is 13.5 Å². The van der Waals surface area contributed by atoms with Crippen LogP contribution in [0.15, 0.2) is 24.3 Å². The normalized spacial score (nSPS) is 10.5. The molecule has 13 heavy (non-hydrogen) atoms. The van der Waals surface area contributed by atoms with Crippen LogP contribution in [0.3, 0.4) is 0 Å². The molecule has 0 radical (unpaired) electrons. The standard InChI is InChI=1S/C8H8F2INO/c9-8(10)13-7-3-1-2-6(4-7)5-12-11/h1-4,8,12H,5H2. The first-order valence-electron chi connectivity index (χ1n) is 3.59. The van der Waals surface area contributed by atoms with Gasteiger partial charge in [0.1, 0.15) is 5.75 Å². The van der Waals surface area contributed by atoms with E-state index in [2.05, 4.69) is 8.27 Å². The molecule has 0 bridgehead atoms. The Kier molecular flexibility index (Phi) is 4.37. The van der Waals surface area contributed by atoms with Crippen LogP contribution in [0, 0.1) is 0 Å². The van der Waals surface area contributed by atoms with Crippen LogP contribution in [-0.4, -0.2) is 6.61 Å². The van der Waals surface area contributed by atoms with Crippen molar-refractivity contribution in [1.82, 2.24) is 3.53 Å². The van der Waals surface area contributed by atoms with Crippen LogP contribution in [0.25, 0.3) is 0 Å². The fourth-order valence-electron chi connectivity index (χ4n) is 0.909. The summed E-state index contributed by atoms with van der Waals surface area (Å²) in [5, 5.41) is 0. The average molecular weight is 299 g/mol. The van der Waals surface area contributed by atoms with Crippen molar-refractivity contribution in [2.45, 2.75) is 13.2 Å². The summed E-state index contributed by atoms with van der Waals surface area (Å²) >= 11 is 1.99. The van der Waals surface area contributed by atoms with Gasteiger partial charge in [-0.2, -0.15) is 8.78 Å². The lowest BCUT2D eigenvalue weighted by molar-refractivity contribution is -0.0498. The Morgan fingerprint density at radius 2 is 2.23 bits per heavy atom. The van der Waals surface area contributed by atoms with E-state index in [-0.39, 0.29) is 5.75 Å². The summed E-state index contributed by atoms with van der Waals surface area (Å²) in [4.78, 5) is 0. The molecule has 0 aliphatic carbocycles. The first-order valence-corrected chi connectivity index (χ1v) is 4.67. The van der Waals surface area contributed by atoms with Crippen molar-refractivity contribution in [1.29, 1.82) is 0 Å². The molecule has 5 heteroatoms. The molecule has 1 N–H and O–H groups in total. The minimum absolute atomic E-state index is 0.194. The SMILES string of the molecule is FC(F)Oc1cccc(CNI)c1. The van der Waals surface area contributed by atoms with E-state index in [0.717, 1.165) is 5.56 Å². The molecule has 1 aromatic rings. The minimum Gasteiger partial charge on any atom is -0.435 e. The van der Waals surface area contributed by atoms with Crippen LogP contribution in [0.5, 0.6) is 5.75 Å². The maximum atomic E-state index is 11.8. The number of hydrogen-bond acceptors (Lipinski definition) is 2. The van der Waals surface area contributed by atoms with Crippen molar-refractivity contribution in [2.24, 2.45) is 0 Å². The Bertz CT molecular complexity index is 270. The summed E-state index contributed by atoms with van der Waals surface area (Å²) in [6.07, 6.45) is 0. The molecule has 0 saturated carbocycles. The van der Waals surface area contributed by atoms with Gasteiger partial charge in [-0.25, -0.2) is 0 Å². The molecule has 0 spiro atoms. The van der Waals surface area contributed by atoms with Gasteiger partial charge in [-0.15, -0.1) is 0 Å². The third kappa shape index (κ3) is 3.86. The number of hydrogen-bond donors (Lipinski definition) is 1. The van der Waals surface area contributed by atoms with Crippen molar-refractivity contribution in [3.05, 3.63) is 29.8 Å². The monoisotopic (exact) mass is 299 g/mol. The van der Waals surface area contributed by atoms with E-state index >= 15 is 0 Å². The third-order valence-electron chi connectivity index (χ3n) is 1.39. The molecule has 1 rings (SSSR count). The lowest BCUT2D eigenvalue weighted by atomic mass is 10.2. The van der Waals surface area contributed by atoms with E-state index in [0.29, 0.717) is 6.54 Å². The zero-order valence-electron chi connectivity index (χ0n) is 6.64. The number of rotatable bonds is 4. The molecule has 0 amide bonds. The largest absolute Gasteiger partial charge is 0.435 e. The number of nitrogens with one attached hydrogen (secondary N) is 1.